The number of aryl methyl sites for hydroxylation is 3. The van der Waals surface area contributed by atoms with Gasteiger partial charge in [-0.3, -0.25) is 14.5 Å². The molecule has 1 aliphatic heterocycles. The highest BCUT2D eigenvalue weighted by molar-refractivity contribution is 6.39. The van der Waals surface area contributed by atoms with Crippen LogP contribution in [0.15, 0.2) is 36.4 Å². The van der Waals surface area contributed by atoms with Crippen LogP contribution in [0.2, 0.25) is 0 Å². The number of halogens is 1. The first-order valence-electron chi connectivity index (χ1n) is 10.7. The van der Waals surface area contributed by atoms with Crippen molar-refractivity contribution in [2.45, 2.75) is 27.2 Å². The number of para-hydroxylation sites is 1. The third-order valence-electron chi connectivity index (χ3n) is 5.62. The van der Waals surface area contributed by atoms with Crippen molar-refractivity contribution in [1.82, 2.24) is 10.2 Å². The van der Waals surface area contributed by atoms with E-state index in [4.69, 9.17) is 0 Å². The van der Waals surface area contributed by atoms with Crippen molar-refractivity contribution in [3.05, 3.63) is 58.9 Å². The Morgan fingerprint density at radius 3 is 2.26 bits per heavy atom. The fourth-order valence-electron chi connectivity index (χ4n) is 4.05. The second-order valence-corrected chi connectivity index (χ2v) is 8.12. The number of amides is 2. The number of nitrogens with zero attached hydrogens (tertiary/aromatic N) is 2. The summed E-state index contributed by atoms with van der Waals surface area (Å²) in [5, 5.41) is 5.42. The van der Waals surface area contributed by atoms with Gasteiger partial charge in [-0.05, 0) is 57.0 Å². The molecule has 31 heavy (non-hydrogen) atoms. The number of hydrogen-bond acceptors (Lipinski definition) is 4. The minimum Gasteiger partial charge on any atom is -0.367 e. The van der Waals surface area contributed by atoms with E-state index in [0.717, 1.165) is 55.8 Å². The molecule has 2 amide bonds. The van der Waals surface area contributed by atoms with Gasteiger partial charge in [0, 0.05) is 38.4 Å². The Labute approximate surface area is 183 Å². The van der Waals surface area contributed by atoms with E-state index in [1.807, 2.05) is 45.0 Å². The van der Waals surface area contributed by atoms with Gasteiger partial charge in [0.2, 0.25) is 0 Å². The molecule has 0 bridgehead atoms. The van der Waals surface area contributed by atoms with Gasteiger partial charge in [0.1, 0.15) is 5.82 Å². The highest BCUT2D eigenvalue weighted by Gasteiger charge is 2.19. The van der Waals surface area contributed by atoms with Crippen molar-refractivity contribution >= 4 is 23.2 Å². The van der Waals surface area contributed by atoms with Crippen LogP contribution >= 0.6 is 0 Å². The maximum absolute atomic E-state index is 13.9. The lowest BCUT2D eigenvalue weighted by molar-refractivity contribution is -0.136. The van der Waals surface area contributed by atoms with Gasteiger partial charge in [0.15, 0.2) is 0 Å². The topological polar surface area (TPSA) is 64.7 Å². The molecule has 0 unspecified atom stereocenters. The molecule has 7 heteroatoms. The monoisotopic (exact) mass is 426 g/mol. The number of carbonyl (C=O) groups is 2. The SMILES string of the molecule is Cc1cc(C)c(NC(=O)C(=O)NCCCN2CCN(c3ccccc3F)CC2)c(C)c1. The second-order valence-electron chi connectivity index (χ2n) is 8.12. The number of carbonyl (C=O) groups excluding carboxylic acids is 2. The molecule has 0 spiro atoms. The number of nitrogens with one attached hydrogen (secondary N) is 2. The van der Waals surface area contributed by atoms with E-state index in [0.29, 0.717) is 17.9 Å². The van der Waals surface area contributed by atoms with E-state index in [1.165, 1.54) is 6.07 Å². The quantitative estimate of drug-likeness (QED) is 0.551. The number of rotatable bonds is 6. The lowest BCUT2D eigenvalue weighted by atomic mass is 10.1. The summed E-state index contributed by atoms with van der Waals surface area (Å²) in [6.45, 7) is 10.3. The zero-order valence-corrected chi connectivity index (χ0v) is 18.5. The second kappa shape index (κ2) is 10.4. The molecule has 1 saturated heterocycles. The van der Waals surface area contributed by atoms with Crippen LogP contribution in [0.25, 0.3) is 0 Å². The minimum atomic E-state index is -0.645. The van der Waals surface area contributed by atoms with Crippen molar-refractivity contribution in [1.29, 1.82) is 0 Å². The van der Waals surface area contributed by atoms with E-state index in [9.17, 15) is 14.0 Å². The molecule has 1 heterocycles. The first kappa shape index (κ1) is 22.7. The molecule has 0 atom stereocenters. The summed E-state index contributed by atoms with van der Waals surface area (Å²) < 4.78 is 13.9. The fraction of sp³-hybridized carbons (Fsp3) is 0.417. The molecule has 2 N–H and O–H groups in total. The van der Waals surface area contributed by atoms with Crippen LogP contribution in [-0.2, 0) is 9.59 Å². The van der Waals surface area contributed by atoms with Gasteiger partial charge >= 0.3 is 11.8 Å². The zero-order chi connectivity index (χ0) is 22.4. The van der Waals surface area contributed by atoms with Gasteiger partial charge in [-0.15, -0.1) is 0 Å². The number of anilines is 2. The predicted octanol–water partition coefficient (Wildman–Crippen LogP) is 3.02. The normalized spacial score (nSPS) is 14.4. The predicted molar refractivity (Wildman–Crippen MR) is 122 cm³/mol. The number of benzene rings is 2. The summed E-state index contributed by atoms with van der Waals surface area (Å²) in [4.78, 5) is 28.7. The molecular formula is C24H31FN4O2. The number of piperazine rings is 1. The summed E-state index contributed by atoms with van der Waals surface area (Å²) in [7, 11) is 0. The molecule has 0 aliphatic carbocycles. The van der Waals surface area contributed by atoms with E-state index < -0.39 is 11.8 Å². The fourth-order valence-corrected chi connectivity index (χ4v) is 4.05. The molecule has 1 aliphatic rings. The van der Waals surface area contributed by atoms with Crippen molar-refractivity contribution in [2.75, 3.05) is 49.5 Å². The molecule has 0 radical (unpaired) electrons. The third-order valence-corrected chi connectivity index (χ3v) is 5.62. The summed E-state index contributed by atoms with van der Waals surface area (Å²) in [6, 6.07) is 10.8. The molecule has 2 aromatic carbocycles. The smallest absolute Gasteiger partial charge is 0.313 e. The number of hydrogen-bond donors (Lipinski definition) is 2. The van der Waals surface area contributed by atoms with Crippen LogP contribution in [0, 0.1) is 26.6 Å². The maximum Gasteiger partial charge on any atom is 0.313 e. The van der Waals surface area contributed by atoms with E-state index in [-0.39, 0.29) is 5.82 Å². The van der Waals surface area contributed by atoms with Crippen LogP contribution in [0.4, 0.5) is 15.8 Å². The first-order valence-corrected chi connectivity index (χ1v) is 10.7. The average Bonchev–Trinajstić information content (AvgIpc) is 2.74. The van der Waals surface area contributed by atoms with Crippen molar-refractivity contribution in [3.8, 4) is 0 Å². The van der Waals surface area contributed by atoms with Crippen molar-refractivity contribution < 1.29 is 14.0 Å². The Morgan fingerprint density at radius 2 is 1.61 bits per heavy atom. The van der Waals surface area contributed by atoms with E-state index in [2.05, 4.69) is 20.4 Å². The Balaban J connectivity index is 1.37. The van der Waals surface area contributed by atoms with Gasteiger partial charge < -0.3 is 15.5 Å². The first-order chi connectivity index (χ1) is 14.8. The zero-order valence-electron chi connectivity index (χ0n) is 18.5. The Hall–Kier alpha value is -2.93. The van der Waals surface area contributed by atoms with E-state index in [1.54, 1.807) is 6.07 Å². The van der Waals surface area contributed by atoms with Crippen LogP contribution in [-0.4, -0.2) is 56.0 Å². The van der Waals surface area contributed by atoms with Crippen LogP contribution in [0.3, 0.4) is 0 Å². The summed E-state index contributed by atoms with van der Waals surface area (Å²) >= 11 is 0. The van der Waals surface area contributed by atoms with Gasteiger partial charge in [-0.1, -0.05) is 29.8 Å². The summed E-state index contributed by atoms with van der Waals surface area (Å²) in [5.74, 6) is -1.45. The molecular weight excluding hydrogens is 395 g/mol. The van der Waals surface area contributed by atoms with Gasteiger partial charge in [-0.25, -0.2) is 4.39 Å². The standard InChI is InChI=1S/C24H31FN4O2/c1-17-15-18(2)22(19(3)16-17)27-24(31)23(30)26-9-6-10-28-11-13-29(14-12-28)21-8-5-4-7-20(21)25/h4-5,7-8,15-16H,6,9-14H2,1-3H3,(H,26,30)(H,27,31). The Bertz CT molecular complexity index is 916. The average molecular weight is 427 g/mol. The Morgan fingerprint density at radius 1 is 0.968 bits per heavy atom. The van der Waals surface area contributed by atoms with Crippen LogP contribution in [0.1, 0.15) is 23.1 Å². The molecule has 1 fully saturated rings. The van der Waals surface area contributed by atoms with Crippen LogP contribution in [0.5, 0.6) is 0 Å². The minimum absolute atomic E-state index is 0.187. The maximum atomic E-state index is 13.9. The lowest BCUT2D eigenvalue weighted by Gasteiger charge is -2.36. The summed E-state index contributed by atoms with van der Waals surface area (Å²) in [5.41, 5.74) is 4.34. The lowest BCUT2D eigenvalue weighted by Crippen LogP contribution is -2.47. The summed E-state index contributed by atoms with van der Waals surface area (Å²) in [6.07, 6.45) is 0.751. The Kier molecular flexibility index (Phi) is 7.63. The molecule has 0 aromatic heterocycles. The van der Waals surface area contributed by atoms with Crippen molar-refractivity contribution in [3.63, 3.8) is 0 Å². The molecule has 0 saturated carbocycles. The van der Waals surface area contributed by atoms with Crippen LogP contribution < -0.4 is 15.5 Å². The van der Waals surface area contributed by atoms with Gasteiger partial charge in [-0.2, -0.15) is 0 Å². The highest BCUT2D eigenvalue weighted by Crippen LogP contribution is 2.22. The van der Waals surface area contributed by atoms with Gasteiger partial charge in [0.25, 0.3) is 0 Å². The van der Waals surface area contributed by atoms with Crippen molar-refractivity contribution in [2.24, 2.45) is 0 Å². The van der Waals surface area contributed by atoms with E-state index >= 15 is 0 Å². The molecule has 3 rings (SSSR count). The third kappa shape index (κ3) is 6.04. The molecule has 166 valence electrons. The highest BCUT2D eigenvalue weighted by atomic mass is 19.1. The molecule has 2 aromatic rings. The van der Waals surface area contributed by atoms with Gasteiger partial charge in [0.05, 0.1) is 5.69 Å². The molecule has 6 nitrogen and oxygen atoms in total. The largest absolute Gasteiger partial charge is 0.367 e.